The third-order valence-electron chi connectivity index (χ3n) is 4.72. The molecule has 0 unspecified atom stereocenters. The second kappa shape index (κ2) is 8.14. The Hall–Kier alpha value is -2.99. The van der Waals surface area contributed by atoms with Gasteiger partial charge in [-0.15, -0.1) is 0 Å². The fourth-order valence-corrected chi connectivity index (χ4v) is 3.29. The fraction of sp³-hybridized carbons (Fsp3) is 0.286. The number of benzene rings is 1. The van der Waals surface area contributed by atoms with Crippen LogP contribution in [0.15, 0.2) is 67.3 Å². The summed E-state index contributed by atoms with van der Waals surface area (Å²) in [5.74, 6) is 0.00635. The predicted octanol–water partition coefficient (Wildman–Crippen LogP) is 3.09. The van der Waals surface area contributed by atoms with E-state index in [2.05, 4.69) is 10.1 Å². The van der Waals surface area contributed by atoms with E-state index in [0.29, 0.717) is 18.7 Å². The number of piperidine rings is 1. The van der Waals surface area contributed by atoms with Crippen molar-refractivity contribution in [1.29, 1.82) is 0 Å². The zero-order valence-corrected chi connectivity index (χ0v) is 15.1. The number of para-hydroxylation sites is 1. The van der Waals surface area contributed by atoms with Crippen molar-refractivity contribution in [3.63, 3.8) is 0 Å². The van der Waals surface area contributed by atoms with Gasteiger partial charge in [-0.25, -0.2) is 4.68 Å². The minimum Gasteiger partial charge on any atom is -0.372 e. The molecule has 0 saturated carbocycles. The Bertz CT molecular complexity index is 879. The van der Waals surface area contributed by atoms with Gasteiger partial charge in [0.05, 0.1) is 30.2 Å². The van der Waals surface area contributed by atoms with Gasteiger partial charge in [-0.2, -0.15) is 5.10 Å². The predicted molar refractivity (Wildman–Crippen MR) is 102 cm³/mol. The van der Waals surface area contributed by atoms with Crippen LogP contribution >= 0.6 is 0 Å². The molecule has 0 N–H and O–H groups in total. The Morgan fingerprint density at radius 1 is 1.15 bits per heavy atom. The Morgan fingerprint density at radius 3 is 2.85 bits per heavy atom. The Labute approximate surface area is 158 Å². The lowest BCUT2D eigenvalue weighted by molar-refractivity contribution is -0.00681. The standard InChI is InChI=1S/C21H22N4O2/c26-21(18-13-23-25(14-18)19-7-2-1-3-8-19)24-11-5-9-20(15-24)27-16-17-6-4-10-22-12-17/h1-4,6-8,10,12-14,20H,5,9,11,15-16H2/t20-/m0/s1. The molecule has 4 rings (SSSR count). The Balaban J connectivity index is 1.38. The van der Waals surface area contributed by atoms with Crippen LogP contribution in [0.5, 0.6) is 0 Å². The van der Waals surface area contributed by atoms with Crippen LogP contribution in [-0.2, 0) is 11.3 Å². The van der Waals surface area contributed by atoms with E-state index in [-0.39, 0.29) is 12.0 Å². The van der Waals surface area contributed by atoms with E-state index >= 15 is 0 Å². The zero-order valence-electron chi connectivity index (χ0n) is 15.1. The number of ether oxygens (including phenoxy) is 1. The SMILES string of the molecule is O=C(c1cnn(-c2ccccc2)c1)N1CCC[C@H](OCc2cccnc2)C1. The summed E-state index contributed by atoms with van der Waals surface area (Å²) in [6.45, 7) is 1.88. The number of hydrogen-bond donors (Lipinski definition) is 0. The molecule has 27 heavy (non-hydrogen) atoms. The maximum absolute atomic E-state index is 12.9. The first-order valence-electron chi connectivity index (χ1n) is 9.19. The first-order chi connectivity index (χ1) is 13.3. The van der Waals surface area contributed by atoms with Crippen LogP contribution in [0.3, 0.4) is 0 Å². The average Bonchev–Trinajstić information content (AvgIpc) is 3.24. The van der Waals surface area contributed by atoms with E-state index in [1.165, 1.54) is 0 Å². The summed E-state index contributed by atoms with van der Waals surface area (Å²) in [4.78, 5) is 18.8. The molecule has 0 spiro atoms. The van der Waals surface area contributed by atoms with Crippen molar-refractivity contribution in [2.24, 2.45) is 0 Å². The van der Waals surface area contributed by atoms with Gasteiger partial charge in [0.15, 0.2) is 0 Å². The van der Waals surface area contributed by atoms with Crippen LogP contribution in [-0.4, -0.2) is 44.8 Å². The third kappa shape index (κ3) is 4.23. The summed E-state index contributed by atoms with van der Waals surface area (Å²) in [5.41, 5.74) is 2.59. The van der Waals surface area contributed by atoms with Crippen molar-refractivity contribution in [3.8, 4) is 5.69 Å². The lowest BCUT2D eigenvalue weighted by Crippen LogP contribution is -2.43. The van der Waals surface area contributed by atoms with Crippen molar-refractivity contribution < 1.29 is 9.53 Å². The molecule has 2 aromatic heterocycles. The van der Waals surface area contributed by atoms with Crippen molar-refractivity contribution in [2.75, 3.05) is 13.1 Å². The summed E-state index contributed by atoms with van der Waals surface area (Å²) < 4.78 is 7.73. The molecule has 1 aliphatic rings. The monoisotopic (exact) mass is 362 g/mol. The lowest BCUT2D eigenvalue weighted by atomic mass is 10.1. The van der Waals surface area contributed by atoms with Gasteiger partial charge in [-0.05, 0) is 36.6 Å². The number of carbonyl (C=O) groups is 1. The molecule has 1 fully saturated rings. The number of aromatic nitrogens is 3. The fourth-order valence-electron chi connectivity index (χ4n) is 3.29. The molecule has 1 aromatic carbocycles. The van der Waals surface area contributed by atoms with Crippen LogP contribution < -0.4 is 0 Å². The molecule has 0 bridgehead atoms. The summed E-state index contributed by atoms with van der Waals surface area (Å²) in [6, 6.07) is 13.7. The van der Waals surface area contributed by atoms with Gasteiger partial charge in [0.25, 0.3) is 5.91 Å². The van der Waals surface area contributed by atoms with E-state index in [0.717, 1.165) is 30.6 Å². The molecule has 1 atom stereocenters. The molecule has 1 aliphatic heterocycles. The van der Waals surface area contributed by atoms with E-state index in [1.54, 1.807) is 23.3 Å². The van der Waals surface area contributed by atoms with Crippen LogP contribution in [0.1, 0.15) is 28.8 Å². The highest BCUT2D eigenvalue weighted by atomic mass is 16.5. The Kier molecular flexibility index (Phi) is 5.25. The first-order valence-corrected chi connectivity index (χ1v) is 9.19. The van der Waals surface area contributed by atoms with E-state index in [9.17, 15) is 4.79 Å². The van der Waals surface area contributed by atoms with Gasteiger partial charge in [0, 0.05) is 31.7 Å². The topological polar surface area (TPSA) is 60.2 Å². The van der Waals surface area contributed by atoms with Gasteiger partial charge in [0.2, 0.25) is 0 Å². The maximum atomic E-state index is 12.9. The third-order valence-corrected chi connectivity index (χ3v) is 4.72. The van der Waals surface area contributed by atoms with Crippen molar-refractivity contribution in [2.45, 2.75) is 25.6 Å². The molecule has 1 amide bonds. The van der Waals surface area contributed by atoms with Crippen molar-refractivity contribution in [3.05, 3.63) is 78.4 Å². The molecule has 6 heteroatoms. The van der Waals surface area contributed by atoms with Gasteiger partial charge < -0.3 is 9.64 Å². The minimum atomic E-state index is 0.00635. The highest BCUT2D eigenvalue weighted by molar-refractivity contribution is 5.93. The number of pyridine rings is 1. The molecule has 3 aromatic rings. The van der Waals surface area contributed by atoms with Crippen molar-refractivity contribution >= 4 is 5.91 Å². The van der Waals surface area contributed by atoms with Gasteiger partial charge in [-0.1, -0.05) is 24.3 Å². The molecule has 138 valence electrons. The Morgan fingerprint density at radius 2 is 2.04 bits per heavy atom. The highest BCUT2D eigenvalue weighted by Gasteiger charge is 2.25. The van der Waals surface area contributed by atoms with Crippen LogP contribution in [0.25, 0.3) is 5.69 Å². The van der Waals surface area contributed by atoms with Crippen LogP contribution in [0.2, 0.25) is 0 Å². The zero-order chi connectivity index (χ0) is 18.5. The second-order valence-electron chi connectivity index (χ2n) is 6.70. The average molecular weight is 362 g/mol. The maximum Gasteiger partial charge on any atom is 0.257 e. The normalized spacial score (nSPS) is 17.0. The molecular formula is C21H22N4O2. The molecule has 6 nitrogen and oxygen atoms in total. The summed E-state index contributed by atoms with van der Waals surface area (Å²) >= 11 is 0. The minimum absolute atomic E-state index is 0.00635. The molecule has 1 saturated heterocycles. The number of amides is 1. The summed E-state index contributed by atoms with van der Waals surface area (Å²) in [7, 11) is 0. The second-order valence-corrected chi connectivity index (χ2v) is 6.70. The largest absolute Gasteiger partial charge is 0.372 e. The molecule has 0 radical (unpaired) electrons. The molecular weight excluding hydrogens is 340 g/mol. The lowest BCUT2D eigenvalue weighted by Gasteiger charge is -2.32. The first kappa shape index (κ1) is 17.4. The van der Waals surface area contributed by atoms with Crippen LogP contribution in [0.4, 0.5) is 0 Å². The van der Waals surface area contributed by atoms with Gasteiger partial charge >= 0.3 is 0 Å². The smallest absolute Gasteiger partial charge is 0.257 e. The number of nitrogens with zero attached hydrogens (tertiary/aromatic N) is 4. The van der Waals surface area contributed by atoms with E-state index in [1.807, 2.05) is 53.6 Å². The van der Waals surface area contributed by atoms with Crippen molar-refractivity contribution in [1.82, 2.24) is 19.7 Å². The highest BCUT2D eigenvalue weighted by Crippen LogP contribution is 2.18. The molecule has 0 aliphatic carbocycles. The number of likely N-dealkylation sites (tertiary alicyclic amines) is 1. The van der Waals surface area contributed by atoms with Crippen LogP contribution in [0, 0.1) is 0 Å². The van der Waals surface area contributed by atoms with E-state index in [4.69, 9.17) is 4.74 Å². The quantitative estimate of drug-likeness (QED) is 0.700. The number of rotatable bonds is 5. The van der Waals surface area contributed by atoms with Gasteiger partial charge in [-0.3, -0.25) is 9.78 Å². The summed E-state index contributed by atoms with van der Waals surface area (Å²) in [5, 5.41) is 4.33. The van der Waals surface area contributed by atoms with E-state index < -0.39 is 0 Å². The number of hydrogen-bond acceptors (Lipinski definition) is 4. The summed E-state index contributed by atoms with van der Waals surface area (Å²) in [6.07, 6.45) is 8.94. The van der Waals surface area contributed by atoms with Gasteiger partial charge in [0.1, 0.15) is 0 Å². The number of carbonyl (C=O) groups excluding carboxylic acids is 1. The molecule has 3 heterocycles.